The average Bonchev–Trinajstić information content (AvgIpc) is 3.21. The van der Waals surface area contributed by atoms with Crippen molar-refractivity contribution in [3.05, 3.63) is 107 Å². The molecule has 0 N–H and O–H groups in total. The van der Waals surface area contributed by atoms with E-state index in [1.807, 2.05) is 41.8 Å². The zero-order valence-corrected chi connectivity index (χ0v) is 19.9. The summed E-state index contributed by atoms with van der Waals surface area (Å²) in [5, 5.41) is 4.17. The molecule has 0 saturated heterocycles. The molecule has 0 amide bonds. The van der Waals surface area contributed by atoms with Gasteiger partial charge in [-0.3, -0.25) is 0 Å². The smallest absolute Gasteiger partial charge is 0.416 e. The molecule has 0 atom stereocenters. The third-order valence-corrected chi connectivity index (χ3v) is 5.79. The van der Waals surface area contributed by atoms with Crippen molar-refractivity contribution < 1.29 is 27.1 Å². The molecular formula is C28H24F4N2O2. The molecule has 1 heterocycles. The maximum Gasteiger partial charge on any atom is 0.416 e. The quantitative estimate of drug-likeness (QED) is 0.150. The highest BCUT2D eigenvalue weighted by Gasteiger charge is 2.30. The molecule has 0 aliphatic rings. The van der Waals surface area contributed by atoms with Crippen LogP contribution in [0.25, 0.3) is 16.9 Å². The molecule has 0 fully saturated rings. The topological polar surface area (TPSA) is 35.8 Å². The first-order chi connectivity index (χ1) is 17.2. The van der Waals surface area contributed by atoms with Crippen molar-refractivity contribution >= 4 is 5.71 Å². The Hall–Kier alpha value is -4.07. The fraction of sp³-hybridized carbons (Fsp3) is 0.179. The predicted molar refractivity (Wildman–Crippen MR) is 131 cm³/mol. The van der Waals surface area contributed by atoms with Crippen LogP contribution in [-0.2, 0) is 17.6 Å². The zero-order valence-electron chi connectivity index (χ0n) is 19.9. The highest BCUT2D eigenvalue weighted by molar-refractivity contribution is 6.01. The Morgan fingerprint density at radius 2 is 1.64 bits per heavy atom. The Morgan fingerprint density at radius 1 is 0.944 bits per heavy atom. The molecule has 1 aromatic heterocycles. The van der Waals surface area contributed by atoms with E-state index in [0.29, 0.717) is 11.3 Å². The number of nitrogens with zero attached hydrogens (tertiary/aromatic N) is 2. The highest BCUT2D eigenvalue weighted by atomic mass is 19.4. The summed E-state index contributed by atoms with van der Waals surface area (Å²) in [4.78, 5) is 5.41. The normalized spacial score (nSPS) is 12.0. The van der Waals surface area contributed by atoms with E-state index in [0.717, 1.165) is 46.1 Å². The summed E-state index contributed by atoms with van der Waals surface area (Å²) in [5.41, 5.74) is 4.34. The zero-order chi connectivity index (χ0) is 25.9. The lowest BCUT2D eigenvalue weighted by atomic mass is 10.1. The van der Waals surface area contributed by atoms with E-state index >= 15 is 0 Å². The summed E-state index contributed by atoms with van der Waals surface area (Å²) in [7, 11) is 1.59. The average molecular weight is 497 g/mol. The Morgan fingerprint density at radius 3 is 2.28 bits per heavy atom. The van der Waals surface area contributed by atoms with Gasteiger partial charge < -0.3 is 14.1 Å². The Kier molecular flexibility index (Phi) is 7.15. The molecule has 4 nitrogen and oxygen atoms in total. The van der Waals surface area contributed by atoms with E-state index < -0.39 is 11.7 Å². The second kappa shape index (κ2) is 10.3. The number of halogens is 4. The van der Waals surface area contributed by atoms with Gasteiger partial charge in [-0.05, 0) is 91.7 Å². The summed E-state index contributed by atoms with van der Waals surface area (Å²) in [6.45, 7) is 3.57. The van der Waals surface area contributed by atoms with Crippen LogP contribution in [0.3, 0.4) is 0 Å². The maximum absolute atomic E-state index is 13.6. The van der Waals surface area contributed by atoms with E-state index in [9.17, 15) is 17.6 Å². The van der Waals surface area contributed by atoms with Crippen LogP contribution in [0.2, 0.25) is 0 Å². The summed E-state index contributed by atoms with van der Waals surface area (Å²) in [5.74, 6) is 0.381. The second-order valence-corrected chi connectivity index (χ2v) is 8.22. The lowest BCUT2D eigenvalue weighted by Crippen LogP contribution is -2.05. The minimum absolute atomic E-state index is 0.107. The SMILES string of the molecule is COc1ccc(-c2cc(/C(C)=N/OCc3cccc(C(F)(F)F)c3)c(C)n2-c2ccc(F)cc2)cc1. The number of rotatable bonds is 7. The van der Waals surface area contributed by atoms with Gasteiger partial charge in [-0.15, -0.1) is 0 Å². The number of aromatic nitrogens is 1. The molecule has 0 spiro atoms. The van der Waals surface area contributed by atoms with Gasteiger partial charge in [0.15, 0.2) is 0 Å². The summed E-state index contributed by atoms with van der Waals surface area (Å²) < 4.78 is 59.8. The fourth-order valence-electron chi connectivity index (χ4n) is 3.96. The van der Waals surface area contributed by atoms with Crippen molar-refractivity contribution in [3.63, 3.8) is 0 Å². The monoisotopic (exact) mass is 496 g/mol. The molecule has 4 rings (SSSR count). The lowest BCUT2D eigenvalue weighted by molar-refractivity contribution is -0.137. The molecule has 0 unspecified atom stereocenters. The molecule has 0 radical (unpaired) electrons. The molecule has 3 aromatic carbocycles. The summed E-state index contributed by atoms with van der Waals surface area (Å²) in [6.07, 6.45) is -4.42. The van der Waals surface area contributed by atoms with Gasteiger partial charge >= 0.3 is 6.18 Å². The van der Waals surface area contributed by atoms with Gasteiger partial charge in [-0.25, -0.2) is 4.39 Å². The first-order valence-electron chi connectivity index (χ1n) is 11.1. The van der Waals surface area contributed by atoms with Crippen LogP contribution in [0, 0.1) is 12.7 Å². The summed E-state index contributed by atoms with van der Waals surface area (Å²) >= 11 is 0. The molecule has 0 aliphatic carbocycles. The van der Waals surface area contributed by atoms with Gasteiger partial charge in [0.05, 0.1) is 24.1 Å². The third-order valence-electron chi connectivity index (χ3n) is 5.79. The van der Waals surface area contributed by atoms with Gasteiger partial charge in [0.25, 0.3) is 0 Å². The lowest BCUT2D eigenvalue weighted by Gasteiger charge is -2.13. The number of benzene rings is 3. The maximum atomic E-state index is 13.6. The second-order valence-electron chi connectivity index (χ2n) is 8.22. The molecule has 4 aromatic rings. The third kappa shape index (κ3) is 5.43. The molecule has 0 saturated carbocycles. The van der Waals surface area contributed by atoms with Crippen molar-refractivity contribution in [2.24, 2.45) is 5.16 Å². The number of hydrogen-bond donors (Lipinski definition) is 0. The first-order valence-corrected chi connectivity index (χ1v) is 11.1. The van der Waals surface area contributed by atoms with Crippen molar-refractivity contribution in [3.8, 4) is 22.7 Å². The van der Waals surface area contributed by atoms with Crippen molar-refractivity contribution in [2.75, 3.05) is 7.11 Å². The van der Waals surface area contributed by atoms with Crippen LogP contribution in [0.4, 0.5) is 17.6 Å². The van der Waals surface area contributed by atoms with E-state index in [4.69, 9.17) is 9.57 Å². The van der Waals surface area contributed by atoms with Gasteiger partial charge in [0, 0.05) is 16.9 Å². The minimum Gasteiger partial charge on any atom is -0.497 e. The van der Waals surface area contributed by atoms with Gasteiger partial charge in [0.2, 0.25) is 0 Å². The Bertz CT molecular complexity index is 1370. The molecule has 0 bridgehead atoms. The Balaban J connectivity index is 1.66. The van der Waals surface area contributed by atoms with Gasteiger partial charge in [-0.2, -0.15) is 13.2 Å². The van der Waals surface area contributed by atoms with E-state index in [1.54, 1.807) is 32.2 Å². The number of oxime groups is 1. The van der Waals surface area contributed by atoms with Crippen molar-refractivity contribution in [1.82, 2.24) is 4.57 Å². The van der Waals surface area contributed by atoms with Gasteiger partial charge in [-0.1, -0.05) is 17.3 Å². The van der Waals surface area contributed by atoms with Crippen LogP contribution in [0.15, 0.2) is 84.0 Å². The van der Waals surface area contributed by atoms with Crippen LogP contribution in [0.1, 0.15) is 29.3 Å². The molecule has 186 valence electrons. The first kappa shape index (κ1) is 25.0. The minimum atomic E-state index is -4.42. The molecule has 36 heavy (non-hydrogen) atoms. The molecule has 0 aliphatic heterocycles. The predicted octanol–water partition coefficient (Wildman–Crippen LogP) is 7.56. The Labute approximate surface area is 206 Å². The standard InChI is InChI=1S/C28H24F4N2O2/c1-18(33-36-17-20-5-4-6-22(15-20)28(30,31)32)26-16-27(21-7-13-25(35-3)14-8-21)34(19(26)2)24-11-9-23(29)10-12-24/h4-16H,17H2,1-3H3/b33-18+. The van der Waals surface area contributed by atoms with Crippen LogP contribution >= 0.6 is 0 Å². The van der Waals surface area contributed by atoms with Crippen molar-refractivity contribution in [1.29, 1.82) is 0 Å². The number of alkyl halides is 3. The largest absolute Gasteiger partial charge is 0.497 e. The number of methoxy groups -OCH3 is 1. The molecular weight excluding hydrogens is 472 g/mol. The van der Waals surface area contributed by atoms with Crippen molar-refractivity contribution in [2.45, 2.75) is 26.6 Å². The molecule has 8 heteroatoms. The highest BCUT2D eigenvalue weighted by Crippen LogP contribution is 2.32. The van der Waals surface area contributed by atoms with Crippen LogP contribution in [-0.4, -0.2) is 17.4 Å². The van der Waals surface area contributed by atoms with Crippen LogP contribution < -0.4 is 4.74 Å². The fourth-order valence-corrected chi connectivity index (χ4v) is 3.96. The van der Waals surface area contributed by atoms with E-state index in [1.165, 1.54) is 18.2 Å². The number of ether oxygens (including phenoxy) is 1. The summed E-state index contributed by atoms with van der Waals surface area (Å²) in [6, 6.07) is 20.6. The van der Waals surface area contributed by atoms with Gasteiger partial charge in [0.1, 0.15) is 18.2 Å². The van der Waals surface area contributed by atoms with E-state index in [2.05, 4.69) is 5.16 Å². The number of hydrogen-bond acceptors (Lipinski definition) is 3. The van der Waals surface area contributed by atoms with E-state index in [-0.39, 0.29) is 12.4 Å². The van der Waals surface area contributed by atoms with Crippen LogP contribution in [0.5, 0.6) is 5.75 Å².